The predicted molar refractivity (Wildman–Crippen MR) is 40.8 cm³/mol. The third kappa shape index (κ3) is 1.82. The molecule has 1 heterocycles. The molecule has 0 aliphatic carbocycles. The Balaban J connectivity index is 2.46. The van der Waals surface area contributed by atoms with Crippen LogP contribution in [0.2, 0.25) is 0 Å². The number of carboxylic acid groups (broad SMARTS) is 1. The van der Waals surface area contributed by atoms with Gasteiger partial charge in [0, 0.05) is 0 Å². The Bertz CT molecular complexity index is 189. The molecule has 1 N–H and O–H groups in total. The van der Waals surface area contributed by atoms with Crippen LogP contribution < -0.4 is 0 Å². The maximum absolute atomic E-state index is 10.5. The summed E-state index contributed by atoms with van der Waals surface area (Å²) in [7, 11) is 0. The summed E-state index contributed by atoms with van der Waals surface area (Å²) in [5.74, 6) is -1.39. The lowest BCUT2D eigenvalue weighted by molar-refractivity contribution is -0.147. The molecule has 0 amide bonds. The van der Waals surface area contributed by atoms with Crippen molar-refractivity contribution in [3.05, 3.63) is 0 Å². The molecule has 1 fully saturated rings. The molecule has 1 saturated heterocycles. The van der Waals surface area contributed by atoms with Gasteiger partial charge in [0.2, 0.25) is 0 Å². The number of carboxylic acids is 1. The fourth-order valence-corrected chi connectivity index (χ4v) is 1.32. The lowest BCUT2D eigenvalue weighted by atomic mass is 10.0. The summed E-state index contributed by atoms with van der Waals surface area (Å²) in [6.45, 7) is 1.60. The fourth-order valence-electron chi connectivity index (χ4n) is 1.32. The van der Waals surface area contributed by atoms with Crippen molar-refractivity contribution in [2.75, 3.05) is 0 Å². The smallest absolute Gasteiger partial charge is 0.308 e. The first kappa shape index (κ1) is 9.19. The number of aliphatic carboxylic acids is 1. The molecule has 4 heteroatoms. The normalized spacial score (nSPS) is 31.4. The van der Waals surface area contributed by atoms with E-state index >= 15 is 0 Å². The van der Waals surface area contributed by atoms with Gasteiger partial charge in [-0.2, -0.15) is 0 Å². The number of ether oxygens (including phenoxy) is 1. The second kappa shape index (κ2) is 3.67. The molecule has 0 aromatic heterocycles. The van der Waals surface area contributed by atoms with Gasteiger partial charge in [-0.15, -0.1) is 0 Å². The molecule has 1 aliphatic rings. The molecule has 4 nitrogen and oxygen atoms in total. The van der Waals surface area contributed by atoms with E-state index < -0.39 is 18.0 Å². The van der Waals surface area contributed by atoms with Gasteiger partial charge in [-0.3, -0.25) is 4.79 Å². The van der Waals surface area contributed by atoms with Crippen LogP contribution in [-0.4, -0.2) is 29.6 Å². The summed E-state index contributed by atoms with van der Waals surface area (Å²) in [6, 6.07) is 0. The van der Waals surface area contributed by atoms with Crippen LogP contribution in [0.4, 0.5) is 0 Å². The summed E-state index contributed by atoms with van der Waals surface area (Å²) < 4.78 is 5.18. The number of rotatable bonds is 3. The zero-order chi connectivity index (χ0) is 9.14. The summed E-state index contributed by atoms with van der Waals surface area (Å²) in [5.41, 5.74) is 0. The molecular weight excluding hydrogens is 160 g/mol. The molecule has 68 valence electrons. The van der Waals surface area contributed by atoms with Crippen molar-refractivity contribution in [3.8, 4) is 0 Å². The number of carbonyl (C=O) groups is 2. The van der Waals surface area contributed by atoms with Crippen LogP contribution in [0.25, 0.3) is 0 Å². The minimum atomic E-state index is -0.869. The van der Waals surface area contributed by atoms with Crippen molar-refractivity contribution >= 4 is 12.3 Å². The second-order valence-electron chi connectivity index (χ2n) is 3.05. The molecule has 3 atom stereocenters. The zero-order valence-corrected chi connectivity index (χ0v) is 6.90. The number of aldehydes is 1. The van der Waals surface area contributed by atoms with Crippen molar-refractivity contribution in [1.29, 1.82) is 0 Å². The Hall–Kier alpha value is -0.900. The maximum Gasteiger partial charge on any atom is 0.308 e. The van der Waals surface area contributed by atoms with E-state index in [0.717, 1.165) is 6.29 Å². The highest BCUT2D eigenvalue weighted by atomic mass is 16.5. The van der Waals surface area contributed by atoms with Gasteiger partial charge < -0.3 is 14.6 Å². The molecular formula is C8H12O4. The molecule has 0 bridgehead atoms. The average Bonchev–Trinajstić information content (AvgIpc) is 2.50. The summed E-state index contributed by atoms with van der Waals surface area (Å²) in [6.07, 6.45) is 1.35. The Labute approximate surface area is 70.5 Å². The van der Waals surface area contributed by atoms with Crippen molar-refractivity contribution in [2.24, 2.45) is 5.92 Å². The lowest BCUT2D eigenvalue weighted by Gasteiger charge is -2.14. The van der Waals surface area contributed by atoms with E-state index in [1.165, 1.54) is 0 Å². The van der Waals surface area contributed by atoms with Crippen LogP contribution >= 0.6 is 0 Å². The summed E-state index contributed by atoms with van der Waals surface area (Å²) in [4.78, 5) is 20.8. The molecule has 12 heavy (non-hydrogen) atoms. The van der Waals surface area contributed by atoms with Gasteiger partial charge in [-0.1, -0.05) is 0 Å². The van der Waals surface area contributed by atoms with Gasteiger partial charge in [-0.25, -0.2) is 0 Å². The molecule has 0 aromatic carbocycles. The minimum absolute atomic E-state index is 0.294. The maximum atomic E-state index is 10.5. The highest BCUT2D eigenvalue weighted by Gasteiger charge is 2.32. The molecule has 1 rings (SSSR count). The van der Waals surface area contributed by atoms with E-state index in [-0.39, 0.29) is 6.10 Å². The Morgan fingerprint density at radius 3 is 2.75 bits per heavy atom. The fraction of sp³-hybridized carbons (Fsp3) is 0.750. The van der Waals surface area contributed by atoms with E-state index in [4.69, 9.17) is 9.84 Å². The molecule has 0 unspecified atom stereocenters. The van der Waals surface area contributed by atoms with Crippen molar-refractivity contribution in [1.82, 2.24) is 0 Å². The average molecular weight is 172 g/mol. The minimum Gasteiger partial charge on any atom is -0.481 e. The van der Waals surface area contributed by atoms with Crippen LogP contribution in [0.5, 0.6) is 0 Å². The van der Waals surface area contributed by atoms with Gasteiger partial charge in [0.1, 0.15) is 12.4 Å². The lowest BCUT2D eigenvalue weighted by Crippen LogP contribution is -2.26. The highest BCUT2D eigenvalue weighted by molar-refractivity contribution is 5.70. The topological polar surface area (TPSA) is 63.6 Å². The van der Waals surface area contributed by atoms with Crippen molar-refractivity contribution < 1.29 is 19.4 Å². The van der Waals surface area contributed by atoms with E-state index in [1.54, 1.807) is 6.92 Å². The zero-order valence-electron chi connectivity index (χ0n) is 6.90. The Morgan fingerprint density at radius 2 is 2.33 bits per heavy atom. The third-order valence-corrected chi connectivity index (χ3v) is 2.18. The first-order valence-corrected chi connectivity index (χ1v) is 3.98. The highest BCUT2D eigenvalue weighted by Crippen LogP contribution is 2.24. The summed E-state index contributed by atoms with van der Waals surface area (Å²) in [5, 5.41) is 8.63. The van der Waals surface area contributed by atoms with E-state index in [0.29, 0.717) is 12.8 Å². The number of hydrogen-bond acceptors (Lipinski definition) is 3. The quantitative estimate of drug-likeness (QED) is 0.628. The van der Waals surface area contributed by atoms with Gasteiger partial charge in [0.05, 0.1) is 12.0 Å². The summed E-state index contributed by atoms with van der Waals surface area (Å²) >= 11 is 0. The van der Waals surface area contributed by atoms with Crippen LogP contribution in [0, 0.1) is 5.92 Å². The Morgan fingerprint density at radius 1 is 1.67 bits per heavy atom. The largest absolute Gasteiger partial charge is 0.481 e. The second-order valence-corrected chi connectivity index (χ2v) is 3.05. The van der Waals surface area contributed by atoms with Gasteiger partial charge >= 0.3 is 5.97 Å². The SMILES string of the molecule is C[C@@H](C(=O)O)[C@@H]1CC[C@H](C=O)O1. The first-order chi connectivity index (χ1) is 5.65. The molecule has 0 spiro atoms. The van der Waals surface area contributed by atoms with Crippen LogP contribution in [0.1, 0.15) is 19.8 Å². The van der Waals surface area contributed by atoms with E-state index in [1.807, 2.05) is 0 Å². The van der Waals surface area contributed by atoms with Crippen molar-refractivity contribution in [2.45, 2.75) is 32.0 Å². The molecule has 0 radical (unpaired) electrons. The predicted octanol–water partition coefficient (Wildman–Crippen LogP) is 0.454. The number of hydrogen-bond donors (Lipinski definition) is 1. The Kier molecular flexibility index (Phi) is 2.81. The van der Waals surface area contributed by atoms with Crippen LogP contribution in [0.3, 0.4) is 0 Å². The molecule has 0 aromatic rings. The molecule has 1 aliphatic heterocycles. The first-order valence-electron chi connectivity index (χ1n) is 3.98. The van der Waals surface area contributed by atoms with Gasteiger partial charge in [-0.05, 0) is 19.8 Å². The van der Waals surface area contributed by atoms with Gasteiger partial charge in [0.25, 0.3) is 0 Å². The number of carbonyl (C=O) groups excluding carboxylic acids is 1. The van der Waals surface area contributed by atoms with Crippen molar-refractivity contribution in [3.63, 3.8) is 0 Å². The van der Waals surface area contributed by atoms with E-state index in [2.05, 4.69) is 0 Å². The molecule has 0 saturated carbocycles. The van der Waals surface area contributed by atoms with Crippen LogP contribution in [0.15, 0.2) is 0 Å². The van der Waals surface area contributed by atoms with Crippen LogP contribution in [-0.2, 0) is 14.3 Å². The monoisotopic (exact) mass is 172 g/mol. The van der Waals surface area contributed by atoms with E-state index in [9.17, 15) is 9.59 Å². The van der Waals surface area contributed by atoms with Gasteiger partial charge in [0.15, 0.2) is 0 Å². The third-order valence-electron chi connectivity index (χ3n) is 2.18. The standard InChI is InChI=1S/C8H12O4/c1-5(8(10)11)7-3-2-6(4-9)12-7/h4-7H,2-3H2,1H3,(H,10,11)/t5-,6-,7+/m1/s1.